The predicted octanol–water partition coefficient (Wildman–Crippen LogP) is 4.73. The van der Waals surface area contributed by atoms with E-state index in [-0.39, 0.29) is 0 Å². The van der Waals surface area contributed by atoms with E-state index in [1.165, 1.54) is 0 Å². The van der Waals surface area contributed by atoms with Gasteiger partial charge < -0.3 is 4.74 Å². The van der Waals surface area contributed by atoms with Gasteiger partial charge in [0.25, 0.3) is 0 Å². The van der Waals surface area contributed by atoms with E-state index in [0.717, 1.165) is 5.56 Å². The van der Waals surface area contributed by atoms with Gasteiger partial charge in [-0.1, -0.05) is 35.3 Å². The fourth-order valence-corrected chi connectivity index (χ4v) is 1.81. The molecular weight excluding hydrogens is 325 g/mol. The van der Waals surface area contributed by atoms with Crippen molar-refractivity contribution in [3.05, 3.63) is 56.6 Å². The van der Waals surface area contributed by atoms with Gasteiger partial charge in [0.15, 0.2) is 0 Å². The van der Waals surface area contributed by atoms with Crippen LogP contribution in [0.15, 0.2) is 41.0 Å². The van der Waals surface area contributed by atoms with Crippen molar-refractivity contribution in [3.8, 4) is 5.88 Å². The number of pyridine rings is 1. The summed E-state index contributed by atoms with van der Waals surface area (Å²) in [5, 5.41) is 1.19. The second-order valence-corrected chi connectivity index (χ2v) is 4.99. The van der Waals surface area contributed by atoms with Crippen molar-refractivity contribution >= 4 is 39.1 Å². The van der Waals surface area contributed by atoms with Gasteiger partial charge in [0, 0.05) is 5.02 Å². The molecule has 0 spiro atoms. The molecule has 1 aromatic carbocycles. The van der Waals surface area contributed by atoms with E-state index in [1.54, 1.807) is 12.1 Å². The van der Waals surface area contributed by atoms with Crippen molar-refractivity contribution in [2.45, 2.75) is 6.61 Å². The third-order valence-corrected chi connectivity index (χ3v) is 3.05. The van der Waals surface area contributed by atoms with Crippen LogP contribution in [0.2, 0.25) is 10.0 Å². The van der Waals surface area contributed by atoms with E-state index < -0.39 is 0 Å². The number of ether oxygens (including phenoxy) is 1. The summed E-state index contributed by atoms with van der Waals surface area (Å²) in [6.07, 6.45) is 0. The van der Waals surface area contributed by atoms with Crippen molar-refractivity contribution in [1.82, 2.24) is 4.98 Å². The van der Waals surface area contributed by atoms with Gasteiger partial charge in [-0.15, -0.1) is 0 Å². The molecule has 0 atom stereocenters. The molecule has 1 heterocycles. The Bertz CT molecular complexity index is 516. The smallest absolute Gasteiger partial charge is 0.233 e. The lowest BCUT2D eigenvalue weighted by molar-refractivity contribution is 0.293. The average molecular weight is 333 g/mol. The summed E-state index contributed by atoms with van der Waals surface area (Å²) < 4.78 is 6.22. The SMILES string of the molecule is Clc1ccc(COc2nc(Br)ccc2Cl)cc1. The molecule has 0 radical (unpaired) electrons. The summed E-state index contributed by atoms with van der Waals surface area (Å²) in [6.45, 7) is 0.403. The summed E-state index contributed by atoms with van der Waals surface area (Å²) in [5.41, 5.74) is 1.01. The highest BCUT2D eigenvalue weighted by Gasteiger charge is 2.04. The Morgan fingerprint density at radius 2 is 1.76 bits per heavy atom. The molecule has 2 aromatic rings. The first-order valence-electron chi connectivity index (χ1n) is 4.84. The Morgan fingerprint density at radius 1 is 1.06 bits per heavy atom. The Balaban J connectivity index is 2.07. The zero-order valence-electron chi connectivity index (χ0n) is 8.66. The molecule has 0 aliphatic heterocycles. The van der Waals surface area contributed by atoms with Crippen LogP contribution in [0.25, 0.3) is 0 Å². The molecule has 0 amide bonds. The van der Waals surface area contributed by atoms with Gasteiger partial charge in [-0.05, 0) is 45.8 Å². The first kappa shape index (κ1) is 12.7. The van der Waals surface area contributed by atoms with Crippen molar-refractivity contribution in [1.29, 1.82) is 0 Å². The summed E-state index contributed by atoms with van der Waals surface area (Å²) in [5.74, 6) is 0.413. The van der Waals surface area contributed by atoms with E-state index >= 15 is 0 Å². The molecule has 0 bridgehead atoms. The van der Waals surface area contributed by atoms with E-state index in [9.17, 15) is 0 Å². The predicted molar refractivity (Wildman–Crippen MR) is 72.7 cm³/mol. The Morgan fingerprint density at radius 3 is 2.47 bits per heavy atom. The van der Waals surface area contributed by atoms with Gasteiger partial charge in [0.1, 0.15) is 16.2 Å². The van der Waals surface area contributed by atoms with Crippen LogP contribution in [0.1, 0.15) is 5.56 Å². The van der Waals surface area contributed by atoms with E-state index in [0.29, 0.717) is 27.1 Å². The van der Waals surface area contributed by atoms with Gasteiger partial charge in [-0.2, -0.15) is 0 Å². The monoisotopic (exact) mass is 331 g/mol. The largest absolute Gasteiger partial charge is 0.472 e. The first-order valence-corrected chi connectivity index (χ1v) is 6.39. The lowest BCUT2D eigenvalue weighted by Gasteiger charge is -2.07. The summed E-state index contributed by atoms with van der Waals surface area (Å²) in [7, 11) is 0. The number of rotatable bonds is 3. The van der Waals surface area contributed by atoms with Crippen LogP contribution in [0, 0.1) is 0 Å². The van der Waals surface area contributed by atoms with Crippen LogP contribution in [-0.2, 0) is 6.61 Å². The van der Waals surface area contributed by atoms with Crippen LogP contribution in [-0.4, -0.2) is 4.98 Å². The van der Waals surface area contributed by atoms with Crippen LogP contribution in [0.4, 0.5) is 0 Å². The molecule has 5 heteroatoms. The maximum Gasteiger partial charge on any atom is 0.233 e. The molecule has 0 aliphatic rings. The average Bonchev–Trinajstić information content (AvgIpc) is 2.32. The maximum atomic E-state index is 5.96. The molecule has 2 rings (SSSR count). The first-order chi connectivity index (χ1) is 8.15. The minimum Gasteiger partial charge on any atom is -0.472 e. The summed E-state index contributed by atoms with van der Waals surface area (Å²) >= 11 is 15.0. The van der Waals surface area contributed by atoms with Crippen molar-refractivity contribution in [2.24, 2.45) is 0 Å². The third-order valence-electron chi connectivity index (χ3n) is 2.07. The van der Waals surface area contributed by atoms with Crippen molar-refractivity contribution in [3.63, 3.8) is 0 Å². The molecule has 0 saturated carbocycles. The summed E-state index contributed by atoms with van der Waals surface area (Å²) in [4.78, 5) is 4.14. The molecule has 88 valence electrons. The van der Waals surface area contributed by atoms with Gasteiger partial charge >= 0.3 is 0 Å². The van der Waals surface area contributed by atoms with Crippen molar-refractivity contribution < 1.29 is 4.74 Å². The second kappa shape index (κ2) is 5.71. The number of hydrogen-bond acceptors (Lipinski definition) is 2. The zero-order valence-corrected chi connectivity index (χ0v) is 11.8. The molecule has 0 saturated heterocycles. The standard InChI is InChI=1S/C12H8BrCl2NO/c13-11-6-5-10(15)12(16-11)17-7-8-1-3-9(14)4-2-8/h1-6H,7H2. The highest BCUT2D eigenvalue weighted by atomic mass is 79.9. The molecule has 0 N–H and O–H groups in total. The fourth-order valence-electron chi connectivity index (χ4n) is 1.23. The Labute approximate surface area is 118 Å². The number of halogens is 3. The number of aromatic nitrogens is 1. The fraction of sp³-hybridized carbons (Fsp3) is 0.0833. The zero-order chi connectivity index (χ0) is 12.3. The van der Waals surface area contributed by atoms with Gasteiger partial charge in [0.05, 0.1) is 0 Å². The van der Waals surface area contributed by atoms with Gasteiger partial charge in [0.2, 0.25) is 5.88 Å². The molecular formula is C12H8BrCl2NO. The van der Waals surface area contributed by atoms with Crippen molar-refractivity contribution in [2.75, 3.05) is 0 Å². The lowest BCUT2D eigenvalue weighted by atomic mass is 10.2. The quantitative estimate of drug-likeness (QED) is 0.758. The molecule has 0 unspecified atom stereocenters. The minimum absolute atomic E-state index is 0.403. The highest BCUT2D eigenvalue weighted by molar-refractivity contribution is 9.10. The number of nitrogens with zero attached hydrogens (tertiary/aromatic N) is 1. The van der Waals surface area contributed by atoms with Gasteiger partial charge in [-0.25, -0.2) is 4.98 Å². The van der Waals surface area contributed by atoms with E-state index in [2.05, 4.69) is 20.9 Å². The maximum absolute atomic E-state index is 5.96. The number of hydrogen-bond donors (Lipinski definition) is 0. The molecule has 0 aliphatic carbocycles. The molecule has 17 heavy (non-hydrogen) atoms. The highest BCUT2D eigenvalue weighted by Crippen LogP contribution is 2.24. The van der Waals surface area contributed by atoms with Crippen LogP contribution >= 0.6 is 39.1 Å². The Kier molecular flexibility index (Phi) is 4.26. The van der Waals surface area contributed by atoms with Crippen LogP contribution in [0.3, 0.4) is 0 Å². The van der Waals surface area contributed by atoms with E-state index in [1.807, 2.05) is 24.3 Å². The van der Waals surface area contributed by atoms with Crippen LogP contribution < -0.4 is 4.74 Å². The third kappa shape index (κ3) is 3.60. The van der Waals surface area contributed by atoms with Gasteiger partial charge in [-0.3, -0.25) is 0 Å². The second-order valence-electron chi connectivity index (χ2n) is 3.34. The normalized spacial score (nSPS) is 10.3. The summed E-state index contributed by atoms with van der Waals surface area (Å²) in [6, 6.07) is 10.9. The Hall–Kier alpha value is -0.770. The molecule has 1 aromatic heterocycles. The minimum atomic E-state index is 0.403. The van der Waals surface area contributed by atoms with E-state index in [4.69, 9.17) is 27.9 Å². The topological polar surface area (TPSA) is 22.1 Å². The molecule has 0 fully saturated rings. The van der Waals surface area contributed by atoms with Crippen LogP contribution in [0.5, 0.6) is 5.88 Å². The lowest BCUT2D eigenvalue weighted by Crippen LogP contribution is -1.97. The molecule has 2 nitrogen and oxygen atoms in total. The number of benzene rings is 1.